The maximum absolute atomic E-state index is 12.6. The number of nitrogens with one attached hydrogen (secondary N) is 1. The van der Waals surface area contributed by atoms with Crippen LogP contribution in [0.2, 0.25) is 15.1 Å². The molecule has 1 N–H and O–H groups in total. The normalized spacial score (nSPS) is 11.6. The molecule has 0 heterocycles. The molecule has 0 aliphatic heterocycles. The van der Waals surface area contributed by atoms with Crippen molar-refractivity contribution in [1.29, 1.82) is 0 Å². The zero-order valence-corrected chi connectivity index (χ0v) is 17.3. The largest absolute Gasteiger partial charge is 0.496 e. The molecule has 2 amide bonds. The highest BCUT2D eigenvalue weighted by Gasteiger charge is 2.22. The number of rotatable bonds is 6. The highest BCUT2D eigenvalue weighted by Crippen LogP contribution is 2.26. The van der Waals surface area contributed by atoms with Gasteiger partial charge in [-0.2, -0.15) is 0 Å². The van der Waals surface area contributed by atoms with Gasteiger partial charge < -0.3 is 15.0 Å². The lowest BCUT2D eigenvalue weighted by molar-refractivity contribution is -0.132. The molecule has 1 unspecified atom stereocenters. The Morgan fingerprint density at radius 2 is 1.89 bits per heavy atom. The van der Waals surface area contributed by atoms with Crippen molar-refractivity contribution in [1.82, 2.24) is 10.2 Å². The number of benzene rings is 2. The topological polar surface area (TPSA) is 58.6 Å². The SMILES string of the molecule is COc1ccc(Cl)cc1CN(C)C(=O)C(C)NC(=O)c1cccc(Cl)c1Cl. The summed E-state index contributed by atoms with van der Waals surface area (Å²) in [6, 6.07) is 9.17. The molecule has 27 heavy (non-hydrogen) atoms. The molecule has 0 aliphatic rings. The third kappa shape index (κ3) is 5.28. The second-order valence-electron chi connectivity index (χ2n) is 5.95. The predicted molar refractivity (Wildman–Crippen MR) is 108 cm³/mol. The van der Waals surface area contributed by atoms with E-state index in [4.69, 9.17) is 39.5 Å². The van der Waals surface area contributed by atoms with Crippen molar-refractivity contribution in [2.45, 2.75) is 19.5 Å². The summed E-state index contributed by atoms with van der Waals surface area (Å²) in [5, 5.41) is 3.60. The lowest BCUT2D eigenvalue weighted by atomic mass is 10.1. The third-order valence-electron chi connectivity index (χ3n) is 3.94. The highest BCUT2D eigenvalue weighted by atomic mass is 35.5. The van der Waals surface area contributed by atoms with E-state index in [0.29, 0.717) is 10.8 Å². The number of ether oxygens (including phenoxy) is 1. The summed E-state index contributed by atoms with van der Waals surface area (Å²) in [6.07, 6.45) is 0. The number of likely N-dealkylation sites (N-methyl/N-ethyl adjacent to an activating group) is 1. The smallest absolute Gasteiger partial charge is 0.253 e. The molecule has 144 valence electrons. The van der Waals surface area contributed by atoms with Gasteiger partial charge in [0.25, 0.3) is 5.91 Å². The van der Waals surface area contributed by atoms with E-state index >= 15 is 0 Å². The number of methoxy groups -OCH3 is 1. The molecule has 0 bridgehead atoms. The molecule has 0 saturated carbocycles. The van der Waals surface area contributed by atoms with Gasteiger partial charge in [-0.25, -0.2) is 0 Å². The first-order chi connectivity index (χ1) is 12.7. The van der Waals surface area contributed by atoms with Crippen LogP contribution in [-0.2, 0) is 11.3 Å². The van der Waals surface area contributed by atoms with Crippen LogP contribution in [0, 0.1) is 0 Å². The monoisotopic (exact) mass is 428 g/mol. The Kier molecular flexibility index (Phi) is 7.36. The first-order valence-corrected chi connectivity index (χ1v) is 9.20. The predicted octanol–water partition coefficient (Wildman–Crippen LogP) is 4.43. The number of halogens is 3. The standard InChI is InChI=1S/C19H19Cl3N2O3/c1-11(23-18(25)14-5-4-6-15(21)17(14)22)19(26)24(2)10-12-9-13(20)7-8-16(12)27-3/h4-9,11H,10H2,1-3H3,(H,23,25). The third-order valence-corrected chi connectivity index (χ3v) is 4.99. The van der Waals surface area contributed by atoms with E-state index in [1.807, 2.05) is 0 Å². The van der Waals surface area contributed by atoms with Crippen LogP contribution in [0.25, 0.3) is 0 Å². The zero-order valence-electron chi connectivity index (χ0n) is 15.1. The molecule has 0 spiro atoms. The average Bonchev–Trinajstić information content (AvgIpc) is 2.63. The van der Waals surface area contributed by atoms with Crippen molar-refractivity contribution in [3.63, 3.8) is 0 Å². The molecule has 8 heteroatoms. The molecule has 2 aromatic carbocycles. The maximum Gasteiger partial charge on any atom is 0.253 e. The van der Waals surface area contributed by atoms with Crippen LogP contribution in [0.5, 0.6) is 5.75 Å². The Morgan fingerprint density at radius 1 is 1.19 bits per heavy atom. The second-order valence-corrected chi connectivity index (χ2v) is 7.17. The molecule has 0 aliphatic carbocycles. The molecule has 2 rings (SSSR count). The number of carbonyl (C=O) groups is 2. The van der Waals surface area contributed by atoms with E-state index in [2.05, 4.69) is 5.32 Å². The summed E-state index contributed by atoms with van der Waals surface area (Å²) in [5.41, 5.74) is 0.972. The minimum atomic E-state index is -0.761. The zero-order chi connectivity index (χ0) is 20.1. The van der Waals surface area contributed by atoms with Gasteiger partial charge in [0, 0.05) is 24.2 Å². The Labute approximate surface area is 173 Å². The number of hydrogen-bond acceptors (Lipinski definition) is 3. The minimum Gasteiger partial charge on any atom is -0.496 e. The van der Waals surface area contributed by atoms with Gasteiger partial charge in [-0.15, -0.1) is 0 Å². The number of hydrogen-bond donors (Lipinski definition) is 1. The summed E-state index contributed by atoms with van der Waals surface area (Å²) < 4.78 is 5.29. The van der Waals surface area contributed by atoms with Gasteiger partial charge in [-0.1, -0.05) is 40.9 Å². The minimum absolute atomic E-state index is 0.147. The second kappa shape index (κ2) is 9.31. The van der Waals surface area contributed by atoms with Crippen LogP contribution in [0.3, 0.4) is 0 Å². The summed E-state index contributed by atoms with van der Waals surface area (Å²) in [7, 11) is 3.18. The summed E-state index contributed by atoms with van der Waals surface area (Å²) in [6.45, 7) is 1.88. The Balaban J connectivity index is 2.07. The van der Waals surface area contributed by atoms with Crippen molar-refractivity contribution in [3.8, 4) is 5.75 Å². The van der Waals surface area contributed by atoms with Gasteiger partial charge in [0.05, 0.1) is 22.7 Å². The van der Waals surface area contributed by atoms with E-state index in [9.17, 15) is 9.59 Å². The van der Waals surface area contributed by atoms with Crippen LogP contribution >= 0.6 is 34.8 Å². The van der Waals surface area contributed by atoms with Crippen LogP contribution in [0.1, 0.15) is 22.8 Å². The fraction of sp³-hybridized carbons (Fsp3) is 0.263. The number of carbonyl (C=O) groups excluding carboxylic acids is 2. The Bertz CT molecular complexity index is 858. The van der Waals surface area contributed by atoms with Crippen molar-refractivity contribution in [2.75, 3.05) is 14.2 Å². The van der Waals surface area contributed by atoms with Gasteiger partial charge in [-0.3, -0.25) is 9.59 Å². The van der Waals surface area contributed by atoms with Gasteiger partial charge in [0.1, 0.15) is 11.8 Å². The van der Waals surface area contributed by atoms with Crippen LogP contribution < -0.4 is 10.1 Å². The van der Waals surface area contributed by atoms with E-state index < -0.39 is 11.9 Å². The lowest BCUT2D eigenvalue weighted by Gasteiger charge is -2.23. The van der Waals surface area contributed by atoms with Gasteiger partial charge >= 0.3 is 0 Å². The van der Waals surface area contributed by atoms with Crippen molar-refractivity contribution >= 4 is 46.6 Å². The first kappa shape index (κ1) is 21.4. The maximum atomic E-state index is 12.6. The lowest BCUT2D eigenvalue weighted by Crippen LogP contribution is -2.45. The molecule has 0 saturated heterocycles. The van der Waals surface area contributed by atoms with Crippen LogP contribution in [0.15, 0.2) is 36.4 Å². The molecule has 0 radical (unpaired) electrons. The fourth-order valence-electron chi connectivity index (χ4n) is 2.55. The van der Waals surface area contributed by atoms with E-state index in [1.165, 1.54) is 4.90 Å². The first-order valence-electron chi connectivity index (χ1n) is 8.06. The quantitative estimate of drug-likeness (QED) is 0.739. The molecular weight excluding hydrogens is 411 g/mol. The molecule has 0 aromatic heterocycles. The molecule has 5 nitrogen and oxygen atoms in total. The van der Waals surface area contributed by atoms with Gasteiger partial charge in [0.15, 0.2) is 0 Å². The molecular formula is C19H19Cl3N2O3. The molecule has 1 atom stereocenters. The van der Waals surface area contributed by atoms with E-state index in [1.54, 1.807) is 57.5 Å². The highest BCUT2D eigenvalue weighted by molar-refractivity contribution is 6.43. The van der Waals surface area contributed by atoms with Gasteiger partial charge in [-0.05, 0) is 37.3 Å². The number of nitrogens with zero attached hydrogens (tertiary/aromatic N) is 1. The summed E-state index contributed by atoms with van der Waals surface area (Å²) in [5.74, 6) is -0.123. The fourth-order valence-corrected chi connectivity index (χ4v) is 3.13. The molecule has 2 aromatic rings. The summed E-state index contributed by atoms with van der Waals surface area (Å²) in [4.78, 5) is 26.5. The van der Waals surface area contributed by atoms with E-state index in [0.717, 1.165) is 5.56 Å². The summed E-state index contributed by atoms with van der Waals surface area (Å²) >= 11 is 18.0. The van der Waals surface area contributed by atoms with Crippen LogP contribution in [-0.4, -0.2) is 36.9 Å². The van der Waals surface area contributed by atoms with Crippen LogP contribution in [0.4, 0.5) is 0 Å². The van der Waals surface area contributed by atoms with E-state index in [-0.39, 0.29) is 28.1 Å². The molecule has 0 fully saturated rings. The Morgan fingerprint density at radius 3 is 2.56 bits per heavy atom. The Hall–Kier alpha value is -1.95. The van der Waals surface area contributed by atoms with Gasteiger partial charge in [0.2, 0.25) is 5.91 Å². The van der Waals surface area contributed by atoms with Crippen molar-refractivity contribution in [2.24, 2.45) is 0 Å². The average molecular weight is 430 g/mol. The number of amides is 2. The van der Waals surface area contributed by atoms with Crippen molar-refractivity contribution in [3.05, 3.63) is 62.6 Å². The van der Waals surface area contributed by atoms with Crippen molar-refractivity contribution < 1.29 is 14.3 Å².